The maximum absolute atomic E-state index is 14.2. The molecule has 0 aromatic heterocycles. The molecule has 7 heteroatoms. The second kappa shape index (κ2) is 11.4. The van der Waals surface area contributed by atoms with Gasteiger partial charge in [-0.05, 0) is 80.6 Å². The van der Waals surface area contributed by atoms with Crippen LogP contribution in [-0.2, 0) is 11.6 Å². The third-order valence-electron chi connectivity index (χ3n) is 9.49. The average molecular weight is 591 g/mol. The molecule has 0 aliphatic heterocycles. The maximum Gasteiger partial charge on any atom is 0.416 e. The molecule has 3 unspecified atom stereocenters. The van der Waals surface area contributed by atoms with Crippen LogP contribution in [0.15, 0.2) is 66.7 Å². The first-order chi connectivity index (χ1) is 21.0. The van der Waals surface area contributed by atoms with E-state index < -0.39 is 17.2 Å². The number of alkyl halides is 3. The van der Waals surface area contributed by atoms with E-state index in [2.05, 4.69) is 45.9 Å². The molecule has 223 valence electrons. The number of halogens is 3. The van der Waals surface area contributed by atoms with E-state index in [-0.39, 0.29) is 0 Å². The average Bonchev–Trinajstić information content (AvgIpc) is 3.46. The summed E-state index contributed by atoms with van der Waals surface area (Å²) in [6.07, 6.45) is -2.58. The smallest absolute Gasteiger partial charge is 0.416 e. The van der Waals surface area contributed by atoms with Gasteiger partial charge in [0.25, 0.3) is 0 Å². The molecule has 44 heavy (non-hydrogen) atoms. The molecule has 0 bridgehead atoms. The van der Waals surface area contributed by atoms with Crippen LogP contribution in [0.5, 0.6) is 11.5 Å². The quantitative estimate of drug-likeness (QED) is 0.159. The van der Waals surface area contributed by atoms with Gasteiger partial charge in [-0.3, -0.25) is 0 Å². The molecule has 4 aromatic rings. The van der Waals surface area contributed by atoms with Crippen molar-refractivity contribution in [3.8, 4) is 33.8 Å². The Morgan fingerprint density at radius 3 is 1.89 bits per heavy atom. The number of hydrogen-bond acceptors (Lipinski definition) is 2. The molecule has 0 heterocycles. The summed E-state index contributed by atoms with van der Waals surface area (Å²) in [6, 6.07) is 20.3. The van der Waals surface area contributed by atoms with Crippen LogP contribution in [-0.4, -0.2) is 28.3 Å². The third-order valence-corrected chi connectivity index (χ3v) is 9.49. The van der Waals surface area contributed by atoms with Crippen LogP contribution in [0.4, 0.5) is 13.2 Å². The minimum atomic E-state index is -4.49. The van der Waals surface area contributed by atoms with Crippen LogP contribution in [0.1, 0.15) is 68.4 Å². The lowest BCUT2D eigenvalue weighted by atomic mass is 9.66. The van der Waals surface area contributed by atoms with E-state index in [1.165, 1.54) is 12.1 Å². The minimum Gasteiger partial charge on any atom is -0.489 e. The summed E-state index contributed by atoms with van der Waals surface area (Å²) in [7, 11) is 8.47. The maximum atomic E-state index is 14.2. The molecule has 0 fully saturated rings. The Morgan fingerprint density at radius 1 is 0.705 bits per heavy atom. The van der Waals surface area contributed by atoms with Crippen LogP contribution in [0, 0.1) is 11.8 Å². The summed E-state index contributed by atoms with van der Waals surface area (Å²) < 4.78 is 55.3. The van der Waals surface area contributed by atoms with Gasteiger partial charge in [0.2, 0.25) is 0 Å². The molecule has 3 radical (unpaired) electrons. The van der Waals surface area contributed by atoms with Crippen molar-refractivity contribution in [1.82, 2.24) is 0 Å². The SMILES string of the molecule is [B]c1ccc2c(c1)C1(c3ccc(C(F)(F)F)cc3-c3cc(OCC(C)CC)c(OCC(C)CC)cc31)c1cc([B]C)ccc1-2. The first kappa shape index (κ1) is 30.4. The van der Waals surface area contributed by atoms with Crippen LogP contribution < -0.4 is 20.4 Å². The highest BCUT2D eigenvalue weighted by molar-refractivity contribution is 6.52. The molecule has 2 aliphatic rings. The number of ether oxygens (including phenoxy) is 2. The van der Waals surface area contributed by atoms with Gasteiger partial charge in [-0.2, -0.15) is 13.2 Å². The lowest BCUT2D eigenvalue weighted by Gasteiger charge is -2.31. The van der Waals surface area contributed by atoms with Gasteiger partial charge < -0.3 is 9.47 Å². The van der Waals surface area contributed by atoms with Gasteiger partial charge >= 0.3 is 6.18 Å². The van der Waals surface area contributed by atoms with Gasteiger partial charge in [0, 0.05) is 0 Å². The van der Waals surface area contributed by atoms with Crippen molar-refractivity contribution in [3.05, 3.63) is 94.5 Å². The Hall–Kier alpha value is -3.60. The lowest BCUT2D eigenvalue weighted by Crippen LogP contribution is -2.28. The minimum absolute atomic E-state index is 0.307. The van der Waals surface area contributed by atoms with Gasteiger partial charge in [-0.1, -0.05) is 101 Å². The number of benzene rings is 4. The molecule has 0 amide bonds. The Balaban J connectivity index is 1.70. The van der Waals surface area contributed by atoms with Crippen LogP contribution in [0.3, 0.4) is 0 Å². The highest BCUT2D eigenvalue weighted by Gasteiger charge is 2.53. The van der Waals surface area contributed by atoms with E-state index in [4.69, 9.17) is 17.3 Å². The highest BCUT2D eigenvalue weighted by atomic mass is 19.4. The van der Waals surface area contributed by atoms with Crippen molar-refractivity contribution in [2.24, 2.45) is 11.8 Å². The standard InChI is InChI=1S/C37H36B2F3O2/c1-6-21(3)19-43-34-17-29-28-14-23(37(40,41)42)8-13-30(28)36(33(29)18-35(34)44-20-22(4)7-2)31-15-24(38)9-11-26(31)27-12-10-25(39-5)16-32(27)36/h8-18,21-22H,6-7,19-20H2,1-5H3. The molecule has 0 saturated carbocycles. The fourth-order valence-corrected chi connectivity index (χ4v) is 6.55. The van der Waals surface area contributed by atoms with Gasteiger partial charge in [0.05, 0.1) is 24.2 Å². The van der Waals surface area contributed by atoms with Gasteiger partial charge in [0.1, 0.15) is 15.1 Å². The van der Waals surface area contributed by atoms with E-state index in [1.54, 1.807) is 6.07 Å². The largest absolute Gasteiger partial charge is 0.489 e. The van der Waals surface area contributed by atoms with Crippen LogP contribution >= 0.6 is 0 Å². The van der Waals surface area contributed by atoms with Gasteiger partial charge in [-0.25, -0.2) is 0 Å². The van der Waals surface area contributed by atoms with E-state index in [1.807, 2.05) is 44.4 Å². The molecular weight excluding hydrogens is 555 g/mol. The van der Waals surface area contributed by atoms with Crippen molar-refractivity contribution in [3.63, 3.8) is 0 Å². The number of fused-ring (bicyclic) bond motifs is 10. The summed E-state index contributed by atoms with van der Waals surface area (Å²) in [5.74, 6) is 1.78. The van der Waals surface area contributed by atoms with E-state index in [0.717, 1.165) is 51.7 Å². The zero-order chi connectivity index (χ0) is 31.4. The molecule has 4 aromatic carbocycles. The second-order valence-corrected chi connectivity index (χ2v) is 12.4. The Kier molecular flexibility index (Phi) is 7.88. The Morgan fingerprint density at radius 2 is 1.27 bits per heavy atom. The summed E-state index contributed by atoms with van der Waals surface area (Å²) in [4.78, 5) is 0. The highest BCUT2D eigenvalue weighted by Crippen LogP contribution is 2.64. The molecule has 6 rings (SSSR count). The molecule has 0 saturated heterocycles. The Labute approximate surface area is 260 Å². The summed E-state index contributed by atoms with van der Waals surface area (Å²) >= 11 is 0. The lowest BCUT2D eigenvalue weighted by molar-refractivity contribution is -0.137. The van der Waals surface area contributed by atoms with Crippen molar-refractivity contribution >= 4 is 26.1 Å². The molecular formula is C37H36B2F3O2. The van der Waals surface area contributed by atoms with Gasteiger partial charge in [-0.15, -0.1) is 0 Å². The predicted molar refractivity (Wildman–Crippen MR) is 174 cm³/mol. The summed E-state index contributed by atoms with van der Waals surface area (Å²) in [5, 5.41) is 0. The molecule has 2 nitrogen and oxygen atoms in total. The second-order valence-electron chi connectivity index (χ2n) is 12.4. The third kappa shape index (κ3) is 4.83. The fraction of sp³-hybridized carbons (Fsp3) is 0.351. The first-order valence-electron chi connectivity index (χ1n) is 15.5. The normalized spacial score (nSPS) is 17.5. The molecule has 3 atom stereocenters. The first-order valence-corrected chi connectivity index (χ1v) is 15.5. The zero-order valence-corrected chi connectivity index (χ0v) is 25.9. The van der Waals surface area contributed by atoms with E-state index in [9.17, 15) is 13.2 Å². The molecule has 2 aliphatic carbocycles. The van der Waals surface area contributed by atoms with E-state index >= 15 is 0 Å². The van der Waals surface area contributed by atoms with Crippen molar-refractivity contribution < 1.29 is 22.6 Å². The number of rotatable bonds is 9. The summed E-state index contributed by atoms with van der Waals surface area (Å²) in [5.41, 5.74) is 7.06. The molecule has 0 N–H and O–H groups in total. The van der Waals surface area contributed by atoms with Crippen molar-refractivity contribution in [1.29, 1.82) is 0 Å². The Bertz CT molecular complexity index is 1730. The van der Waals surface area contributed by atoms with Crippen molar-refractivity contribution in [2.45, 2.75) is 59.0 Å². The monoisotopic (exact) mass is 591 g/mol. The van der Waals surface area contributed by atoms with E-state index in [0.29, 0.717) is 53.1 Å². The fourth-order valence-electron chi connectivity index (χ4n) is 6.55. The summed E-state index contributed by atoms with van der Waals surface area (Å²) in [6.45, 7) is 11.5. The van der Waals surface area contributed by atoms with Crippen LogP contribution in [0.2, 0.25) is 6.82 Å². The van der Waals surface area contributed by atoms with Crippen LogP contribution in [0.25, 0.3) is 22.3 Å². The van der Waals surface area contributed by atoms with Crippen molar-refractivity contribution in [2.75, 3.05) is 13.2 Å². The predicted octanol–water partition coefficient (Wildman–Crippen LogP) is 8.07. The topological polar surface area (TPSA) is 18.5 Å². The number of hydrogen-bond donors (Lipinski definition) is 0. The van der Waals surface area contributed by atoms with Gasteiger partial charge in [0.15, 0.2) is 11.5 Å². The molecule has 1 spiro atoms. The zero-order valence-electron chi connectivity index (χ0n) is 25.9.